The third kappa shape index (κ3) is 6.56. The molecule has 0 aromatic carbocycles. The Morgan fingerprint density at radius 1 is 0.944 bits per heavy atom. The lowest BCUT2D eigenvalue weighted by molar-refractivity contribution is 0.277. The van der Waals surface area contributed by atoms with Gasteiger partial charge in [0, 0.05) is 5.92 Å². The zero-order valence-electron chi connectivity index (χ0n) is 12.3. The predicted molar refractivity (Wildman–Crippen MR) is 78.4 cm³/mol. The smallest absolute Gasteiger partial charge is 0.202 e. The van der Waals surface area contributed by atoms with Crippen LogP contribution in [0.1, 0.15) is 90.4 Å². The van der Waals surface area contributed by atoms with Gasteiger partial charge in [0.1, 0.15) is 0 Å². The van der Waals surface area contributed by atoms with E-state index in [1.807, 2.05) is 0 Å². The Morgan fingerprint density at radius 3 is 2.17 bits per heavy atom. The van der Waals surface area contributed by atoms with Crippen molar-refractivity contribution in [1.29, 1.82) is 0 Å². The first-order valence-corrected chi connectivity index (χ1v) is 8.26. The van der Waals surface area contributed by atoms with Crippen molar-refractivity contribution in [2.75, 3.05) is 0 Å². The summed E-state index contributed by atoms with van der Waals surface area (Å²) in [6.45, 7) is 2.26. The molecular formula is C17H31O. The van der Waals surface area contributed by atoms with Gasteiger partial charge >= 0.3 is 0 Å². The van der Waals surface area contributed by atoms with Gasteiger partial charge in [0.15, 0.2) is 0 Å². The van der Waals surface area contributed by atoms with E-state index in [4.69, 9.17) is 0 Å². The fourth-order valence-electron chi connectivity index (χ4n) is 3.25. The maximum absolute atomic E-state index is 11.1. The Labute approximate surface area is 114 Å². The van der Waals surface area contributed by atoms with Crippen molar-refractivity contribution in [2.24, 2.45) is 11.8 Å². The van der Waals surface area contributed by atoms with Gasteiger partial charge in [-0.2, -0.15) is 0 Å². The lowest BCUT2D eigenvalue weighted by atomic mass is 9.78. The van der Waals surface area contributed by atoms with E-state index in [2.05, 4.69) is 13.2 Å². The Hall–Kier alpha value is -0.330. The van der Waals surface area contributed by atoms with Crippen molar-refractivity contribution < 1.29 is 4.79 Å². The molecule has 0 amide bonds. The Bertz CT molecular complexity index is 194. The van der Waals surface area contributed by atoms with Crippen LogP contribution in [0.15, 0.2) is 0 Å². The van der Waals surface area contributed by atoms with E-state index >= 15 is 0 Å². The van der Waals surface area contributed by atoms with E-state index in [0.29, 0.717) is 5.92 Å². The summed E-state index contributed by atoms with van der Waals surface area (Å²) >= 11 is 0. The number of rotatable bonds is 10. The third-order valence-electron chi connectivity index (χ3n) is 4.49. The Balaban J connectivity index is 2.02. The summed E-state index contributed by atoms with van der Waals surface area (Å²) in [5, 5.41) is 0. The molecule has 0 aliphatic heterocycles. The molecule has 1 unspecified atom stereocenters. The number of hydrogen-bond donors (Lipinski definition) is 0. The molecule has 1 saturated carbocycles. The number of unbranched alkanes of at least 4 members (excludes halogenated alkanes) is 6. The van der Waals surface area contributed by atoms with Crippen LogP contribution in [0.3, 0.4) is 0 Å². The fraction of sp³-hybridized carbons (Fsp3) is 0.941. The first kappa shape index (κ1) is 15.7. The zero-order chi connectivity index (χ0) is 13.1. The van der Waals surface area contributed by atoms with Crippen LogP contribution in [0, 0.1) is 11.8 Å². The standard InChI is InChI=1S/C17H31O/c1-2-3-4-5-6-7-9-14-17(15-18)16-12-10-8-11-13-16/h16-17H,2-14H2,1H3. The number of carbonyl (C=O) groups excluding carboxylic acids is 1. The van der Waals surface area contributed by atoms with Crippen LogP contribution in [-0.2, 0) is 4.79 Å². The summed E-state index contributed by atoms with van der Waals surface area (Å²) in [5.74, 6) is 0.914. The average molecular weight is 251 g/mol. The van der Waals surface area contributed by atoms with E-state index in [1.165, 1.54) is 77.0 Å². The molecule has 1 rings (SSSR count). The normalized spacial score (nSPS) is 18.7. The molecule has 1 atom stereocenters. The Kier molecular flexibility index (Phi) is 9.24. The molecule has 0 N–H and O–H groups in total. The largest absolute Gasteiger partial charge is 0.291 e. The van der Waals surface area contributed by atoms with E-state index in [0.717, 1.165) is 6.42 Å². The first-order valence-electron chi connectivity index (χ1n) is 8.26. The molecule has 1 fully saturated rings. The molecule has 0 spiro atoms. The van der Waals surface area contributed by atoms with Gasteiger partial charge in [-0.15, -0.1) is 0 Å². The number of hydrogen-bond acceptors (Lipinski definition) is 1. The second-order valence-corrected chi connectivity index (χ2v) is 6.03. The van der Waals surface area contributed by atoms with Gasteiger partial charge in [-0.05, 0) is 25.2 Å². The molecule has 1 aliphatic rings. The molecule has 0 bridgehead atoms. The van der Waals surface area contributed by atoms with Crippen LogP contribution in [-0.4, -0.2) is 6.29 Å². The van der Waals surface area contributed by atoms with Crippen LogP contribution >= 0.6 is 0 Å². The molecule has 0 aromatic heterocycles. The first-order chi connectivity index (χ1) is 8.88. The van der Waals surface area contributed by atoms with Crippen molar-refractivity contribution in [3.05, 3.63) is 0 Å². The average Bonchev–Trinajstić information content (AvgIpc) is 2.43. The van der Waals surface area contributed by atoms with Gasteiger partial charge in [-0.3, -0.25) is 4.79 Å². The van der Waals surface area contributed by atoms with Crippen LogP contribution in [0.2, 0.25) is 0 Å². The van der Waals surface area contributed by atoms with Crippen LogP contribution in [0.4, 0.5) is 0 Å². The minimum Gasteiger partial charge on any atom is -0.291 e. The lowest BCUT2D eigenvalue weighted by Gasteiger charge is -2.26. The zero-order valence-corrected chi connectivity index (χ0v) is 12.3. The maximum Gasteiger partial charge on any atom is 0.202 e. The molecule has 0 aromatic rings. The minimum absolute atomic E-state index is 0.251. The summed E-state index contributed by atoms with van der Waals surface area (Å²) in [6.07, 6.45) is 19.4. The highest BCUT2D eigenvalue weighted by Crippen LogP contribution is 2.31. The second kappa shape index (κ2) is 10.6. The molecule has 0 heterocycles. The third-order valence-corrected chi connectivity index (χ3v) is 4.49. The monoisotopic (exact) mass is 251 g/mol. The van der Waals surface area contributed by atoms with E-state index in [-0.39, 0.29) is 5.92 Å². The van der Waals surface area contributed by atoms with E-state index in [1.54, 1.807) is 0 Å². The fourth-order valence-corrected chi connectivity index (χ4v) is 3.25. The minimum atomic E-state index is 0.251. The molecule has 1 nitrogen and oxygen atoms in total. The van der Waals surface area contributed by atoms with Crippen molar-refractivity contribution in [1.82, 2.24) is 0 Å². The Morgan fingerprint density at radius 2 is 1.56 bits per heavy atom. The molecule has 1 aliphatic carbocycles. The van der Waals surface area contributed by atoms with Gasteiger partial charge < -0.3 is 0 Å². The van der Waals surface area contributed by atoms with Crippen molar-refractivity contribution >= 4 is 6.29 Å². The SMILES string of the molecule is CCCCCCCCCC([C]=O)C1CCCCC1. The maximum atomic E-state index is 11.1. The highest BCUT2D eigenvalue weighted by molar-refractivity contribution is 5.54. The molecule has 0 saturated heterocycles. The molecule has 105 valence electrons. The summed E-state index contributed by atoms with van der Waals surface area (Å²) < 4.78 is 0. The van der Waals surface area contributed by atoms with Crippen molar-refractivity contribution in [3.63, 3.8) is 0 Å². The second-order valence-electron chi connectivity index (χ2n) is 6.03. The highest BCUT2D eigenvalue weighted by atomic mass is 16.1. The summed E-state index contributed by atoms with van der Waals surface area (Å²) in [4.78, 5) is 11.1. The van der Waals surface area contributed by atoms with Gasteiger partial charge in [0.25, 0.3) is 0 Å². The van der Waals surface area contributed by atoms with Gasteiger partial charge in [0.2, 0.25) is 6.29 Å². The highest BCUT2D eigenvalue weighted by Gasteiger charge is 2.23. The van der Waals surface area contributed by atoms with Gasteiger partial charge in [0.05, 0.1) is 0 Å². The molecule has 1 radical (unpaired) electrons. The van der Waals surface area contributed by atoms with Crippen LogP contribution in [0.25, 0.3) is 0 Å². The van der Waals surface area contributed by atoms with E-state index < -0.39 is 0 Å². The summed E-state index contributed by atoms with van der Waals surface area (Å²) in [6, 6.07) is 0. The van der Waals surface area contributed by atoms with Crippen molar-refractivity contribution in [3.8, 4) is 0 Å². The quantitative estimate of drug-likeness (QED) is 0.473. The van der Waals surface area contributed by atoms with Gasteiger partial charge in [-0.1, -0.05) is 71.1 Å². The van der Waals surface area contributed by atoms with Crippen molar-refractivity contribution in [2.45, 2.75) is 90.4 Å². The van der Waals surface area contributed by atoms with Gasteiger partial charge in [-0.25, -0.2) is 0 Å². The molecule has 1 heteroatoms. The van der Waals surface area contributed by atoms with Crippen LogP contribution < -0.4 is 0 Å². The topological polar surface area (TPSA) is 17.1 Å². The molecular weight excluding hydrogens is 220 g/mol. The molecule has 18 heavy (non-hydrogen) atoms. The lowest BCUT2D eigenvalue weighted by Crippen LogP contribution is -2.19. The summed E-state index contributed by atoms with van der Waals surface area (Å²) in [5.41, 5.74) is 0. The van der Waals surface area contributed by atoms with E-state index in [9.17, 15) is 4.79 Å². The van der Waals surface area contributed by atoms with Crippen LogP contribution in [0.5, 0.6) is 0 Å². The summed E-state index contributed by atoms with van der Waals surface area (Å²) in [7, 11) is 0. The predicted octanol–water partition coefficient (Wildman–Crippen LogP) is 5.43.